The number of hydrogen-bond donors (Lipinski definition) is 2. The summed E-state index contributed by atoms with van der Waals surface area (Å²) in [5, 5.41) is 12.9. The van der Waals surface area contributed by atoms with Gasteiger partial charge in [0.25, 0.3) is 5.91 Å². The van der Waals surface area contributed by atoms with Gasteiger partial charge in [0.15, 0.2) is 0 Å². The summed E-state index contributed by atoms with van der Waals surface area (Å²) in [7, 11) is 0. The second kappa shape index (κ2) is 5.50. The van der Waals surface area contributed by atoms with Crippen LogP contribution in [0.5, 0.6) is 0 Å². The van der Waals surface area contributed by atoms with Crippen molar-refractivity contribution in [2.75, 3.05) is 5.32 Å². The molecule has 0 fully saturated rings. The number of nitrogens with one attached hydrogen (secondary N) is 1. The van der Waals surface area contributed by atoms with Gasteiger partial charge in [0, 0.05) is 4.47 Å². The summed E-state index contributed by atoms with van der Waals surface area (Å²) in [5.74, 6) is -2.37. The molecule has 0 atom stereocenters. The third-order valence-corrected chi connectivity index (χ3v) is 4.12. The zero-order valence-electron chi connectivity index (χ0n) is 9.31. The van der Waals surface area contributed by atoms with E-state index in [1.165, 1.54) is 11.3 Å². The number of thiophene rings is 1. The second-order valence-corrected chi connectivity index (χ2v) is 5.32. The monoisotopic (exact) mass is 343 g/mol. The molecule has 0 aliphatic rings. The van der Waals surface area contributed by atoms with E-state index in [9.17, 15) is 14.0 Å². The molecule has 98 valence electrons. The number of benzene rings is 1. The smallest absolute Gasteiger partial charge is 0.335 e. The number of rotatable bonds is 3. The van der Waals surface area contributed by atoms with Crippen molar-refractivity contribution in [2.24, 2.45) is 0 Å². The Morgan fingerprint density at radius 1 is 1.32 bits per heavy atom. The Kier molecular flexibility index (Phi) is 3.96. The van der Waals surface area contributed by atoms with Gasteiger partial charge in [-0.3, -0.25) is 4.79 Å². The summed E-state index contributed by atoms with van der Waals surface area (Å²) in [6.45, 7) is 0. The third kappa shape index (κ3) is 2.99. The van der Waals surface area contributed by atoms with Gasteiger partial charge in [0.05, 0.1) is 11.3 Å². The number of carboxylic acid groups (broad SMARTS) is 1. The molecule has 1 aromatic carbocycles. The fraction of sp³-hybridized carbons (Fsp3) is 0. The zero-order valence-corrected chi connectivity index (χ0v) is 11.7. The van der Waals surface area contributed by atoms with Crippen molar-refractivity contribution in [3.05, 3.63) is 50.4 Å². The predicted octanol–water partition coefficient (Wildman–Crippen LogP) is 3.60. The van der Waals surface area contributed by atoms with Crippen LogP contribution in [-0.4, -0.2) is 17.0 Å². The van der Waals surface area contributed by atoms with Gasteiger partial charge >= 0.3 is 5.97 Å². The average molecular weight is 344 g/mol. The van der Waals surface area contributed by atoms with Crippen LogP contribution >= 0.6 is 27.3 Å². The highest BCUT2D eigenvalue weighted by atomic mass is 79.9. The number of amides is 1. The molecule has 7 heteroatoms. The average Bonchev–Trinajstić information content (AvgIpc) is 2.78. The SMILES string of the molecule is O=C(O)c1ccc(F)c(NC(=O)c2sccc2Br)c1. The molecule has 2 N–H and O–H groups in total. The van der Waals surface area contributed by atoms with Crippen LogP contribution in [0, 0.1) is 5.82 Å². The maximum Gasteiger partial charge on any atom is 0.335 e. The first kappa shape index (κ1) is 13.7. The molecule has 19 heavy (non-hydrogen) atoms. The minimum atomic E-state index is -1.19. The molecule has 4 nitrogen and oxygen atoms in total. The number of carboxylic acids is 1. The van der Waals surface area contributed by atoms with Crippen molar-refractivity contribution in [1.29, 1.82) is 0 Å². The van der Waals surface area contributed by atoms with Gasteiger partial charge in [-0.05, 0) is 45.6 Å². The van der Waals surface area contributed by atoms with Crippen LogP contribution < -0.4 is 5.32 Å². The van der Waals surface area contributed by atoms with E-state index in [2.05, 4.69) is 21.2 Å². The molecule has 0 unspecified atom stereocenters. The molecule has 2 rings (SSSR count). The molecule has 0 aliphatic carbocycles. The van der Waals surface area contributed by atoms with Crippen LogP contribution in [-0.2, 0) is 0 Å². The molecule has 0 aliphatic heterocycles. The maximum atomic E-state index is 13.5. The fourth-order valence-corrected chi connectivity index (χ4v) is 2.84. The summed E-state index contributed by atoms with van der Waals surface area (Å²) in [5.41, 5.74) is -0.257. The van der Waals surface area contributed by atoms with Gasteiger partial charge in [-0.2, -0.15) is 0 Å². The van der Waals surface area contributed by atoms with E-state index in [1.54, 1.807) is 11.4 Å². The van der Waals surface area contributed by atoms with Gasteiger partial charge < -0.3 is 10.4 Å². The molecule has 0 saturated carbocycles. The lowest BCUT2D eigenvalue weighted by atomic mass is 10.2. The van der Waals surface area contributed by atoms with Crippen molar-refractivity contribution in [3.63, 3.8) is 0 Å². The molecule has 1 amide bonds. The van der Waals surface area contributed by atoms with Crippen LogP contribution in [0.1, 0.15) is 20.0 Å². The lowest BCUT2D eigenvalue weighted by Gasteiger charge is -2.06. The first-order chi connectivity index (χ1) is 8.99. The standard InChI is InChI=1S/C12H7BrFNO3S/c13-7-3-4-19-10(7)11(16)15-9-5-6(12(17)18)1-2-8(9)14/h1-5H,(H,15,16)(H,17,18). The molecule has 0 saturated heterocycles. The lowest BCUT2D eigenvalue weighted by Crippen LogP contribution is -2.12. The Balaban J connectivity index is 2.28. The molecule has 0 radical (unpaired) electrons. The van der Waals surface area contributed by atoms with E-state index >= 15 is 0 Å². The number of hydrogen-bond acceptors (Lipinski definition) is 3. The minimum Gasteiger partial charge on any atom is -0.478 e. The largest absolute Gasteiger partial charge is 0.478 e. The summed E-state index contributed by atoms with van der Waals surface area (Å²) in [4.78, 5) is 23.1. The Hall–Kier alpha value is -1.73. The van der Waals surface area contributed by atoms with Crippen molar-refractivity contribution in [2.45, 2.75) is 0 Å². The number of carbonyl (C=O) groups excluding carboxylic acids is 1. The highest BCUT2D eigenvalue weighted by molar-refractivity contribution is 9.10. The van der Waals surface area contributed by atoms with Gasteiger partial charge in [-0.1, -0.05) is 0 Å². The third-order valence-electron chi connectivity index (χ3n) is 2.28. The number of anilines is 1. The Bertz CT molecular complexity index is 656. The maximum absolute atomic E-state index is 13.5. The van der Waals surface area contributed by atoms with E-state index in [-0.39, 0.29) is 11.3 Å². The Morgan fingerprint density at radius 3 is 2.63 bits per heavy atom. The molecule has 2 aromatic rings. The molecular formula is C12H7BrFNO3S. The van der Waals surface area contributed by atoms with Crippen molar-refractivity contribution in [3.8, 4) is 0 Å². The summed E-state index contributed by atoms with van der Waals surface area (Å²) in [6, 6.07) is 4.91. The van der Waals surface area contributed by atoms with Crippen LogP contribution in [0.3, 0.4) is 0 Å². The van der Waals surface area contributed by atoms with E-state index in [4.69, 9.17) is 5.11 Å². The quantitative estimate of drug-likeness (QED) is 0.894. The van der Waals surface area contributed by atoms with E-state index in [0.29, 0.717) is 9.35 Å². The highest BCUT2D eigenvalue weighted by Gasteiger charge is 2.15. The van der Waals surface area contributed by atoms with Gasteiger partial charge in [0.2, 0.25) is 0 Å². The fourth-order valence-electron chi connectivity index (χ4n) is 1.39. The topological polar surface area (TPSA) is 66.4 Å². The normalized spacial score (nSPS) is 10.2. The second-order valence-electron chi connectivity index (χ2n) is 3.55. The molecule has 0 bridgehead atoms. The number of halogens is 2. The Labute approximate surface area is 120 Å². The number of aromatic carboxylic acids is 1. The summed E-state index contributed by atoms with van der Waals surface area (Å²) >= 11 is 4.39. The lowest BCUT2D eigenvalue weighted by molar-refractivity contribution is 0.0696. The van der Waals surface area contributed by atoms with Crippen molar-refractivity contribution >= 4 is 44.8 Å². The highest BCUT2D eigenvalue weighted by Crippen LogP contribution is 2.24. The van der Waals surface area contributed by atoms with Crippen LogP contribution in [0.4, 0.5) is 10.1 Å². The molecule has 0 spiro atoms. The van der Waals surface area contributed by atoms with Gasteiger partial charge in [0.1, 0.15) is 10.7 Å². The molecule has 1 aromatic heterocycles. The molecule has 1 heterocycles. The minimum absolute atomic E-state index is 0.0954. The van der Waals surface area contributed by atoms with Gasteiger partial charge in [-0.15, -0.1) is 11.3 Å². The summed E-state index contributed by atoms with van der Waals surface area (Å²) in [6.07, 6.45) is 0. The van der Waals surface area contributed by atoms with Gasteiger partial charge in [-0.25, -0.2) is 9.18 Å². The van der Waals surface area contributed by atoms with Crippen LogP contribution in [0.2, 0.25) is 0 Å². The van der Waals surface area contributed by atoms with E-state index in [1.807, 2.05) is 0 Å². The first-order valence-electron chi connectivity index (χ1n) is 5.06. The summed E-state index contributed by atoms with van der Waals surface area (Å²) < 4.78 is 14.1. The zero-order chi connectivity index (χ0) is 14.0. The van der Waals surface area contributed by atoms with E-state index < -0.39 is 17.7 Å². The van der Waals surface area contributed by atoms with E-state index in [0.717, 1.165) is 18.2 Å². The van der Waals surface area contributed by atoms with Crippen LogP contribution in [0.25, 0.3) is 0 Å². The Morgan fingerprint density at radius 2 is 2.05 bits per heavy atom. The predicted molar refractivity (Wildman–Crippen MR) is 73.3 cm³/mol. The van der Waals surface area contributed by atoms with Crippen molar-refractivity contribution < 1.29 is 19.1 Å². The first-order valence-corrected chi connectivity index (χ1v) is 6.73. The number of carbonyl (C=O) groups is 2. The molecular weight excluding hydrogens is 337 g/mol. The van der Waals surface area contributed by atoms with Crippen molar-refractivity contribution in [1.82, 2.24) is 0 Å². The van der Waals surface area contributed by atoms with Crippen LogP contribution in [0.15, 0.2) is 34.1 Å².